The zero-order valence-corrected chi connectivity index (χ0v) is 7.47. The Hall–Kier alpha value is -1.20. The van der Waals surface area contributed by atoms with Gasteiger partial charge in [-0.25, -0.2) is 9.97 Å². The number of aliphatic hydroxyl groups excluding tert-OH is 1. The second kappa shape index (κ2) is 4.74. The average Bonchev–Trinajstić information content (AvgIpc) is 2.14. The molecule has 72 valence electrons. The molecule has 1 heterocycles. The molecule has 13 heavy (non-hydrogen) atoms. The maximum atomic E-state index is 9.10. The second-order valence-electron chi connectivity index (χ2n) is 2.70. The van der Waals surface area contributed by atoms with Gasteiger partial charge >= 0.3 is 0 Å². The van der Waals surface area contributed by atoms with Crippen LogP contribution in [0, 0.1) is 6.92 Å². The summed E-state index contributed by atoms with van der Waals surface area (Å²) in [7, 11) is 0. The molecule has 0 saturated carbocycles. The van der Waals surface area contributed by atoms with E-state index in [1.54, 1.807) is 6.07 Å². The molecule has 0 aliphatic heterocycles. The van der Waals surface area contributed by atoms with Crippen LogP contribution in [0.1, 0.15) is 5.69 Å². The molecule has 1 atom stereocenters. The minimum Gasteiger partial charge on any atom is -0.475 e. The lowest BCUT2D eigenvalue weighted by atomic mass is 10.4. The first-order valence-electron chi connectivity index (χ1n) is 4.02. The fraction of sp³-hybridized carbons (Fsp3) is 0.500. The summed E-state index contributed by atoms with van der Waals surface area (Å²) in [6, 6.07) is 1.70. The lowest BCUT2D eigenvalue weighted by molar-refractivity contribution is 0.111. The standard InChI is InChI=1S/C8H13N3O2/c1-6-2-8(11-5-10-6)13-4-7(12)3-9/h2,5,7,12H,3-4,9H2,1H3. The number of ether oxygens (including phenoxy) is 1. The summed E-state index contributed by atoms with van der Waals surface area (Å²) >= 11 is 0. The molecule has 5 nitrogen and oxygen atoms in total. The van der Waals surface area contributed by atoms with Gasteiger partial charge in [0.15, 0.2) is 0 Å². The summed E-state index contributed by atoms with van der Waals surface area (Å²) in [6.07, 6.45) is 0.773. The number of hydrogen-bond donors (Lipinski definition) is 2. The monoisotopic (exact) mass is 183 g/mol. The summed E-state index contributed by atoms with van der Waals surface area (Å²) in [5.41, 5.74) is 6.03. The molecule has 0 bridgehead atoms. The molecule has 1 aromatic heterocycles. The fourth-order valence-electron chi connectivity index (χ4n) is 0.759. The van der Waals surface area contributed by atoms with Gasteiger partial charge in [0.1, 0.15) is 19.0 Å². The van der Waals surface area contributed by atoms with Crippen molar-refractivity contribution in [2.45, 2.75) is 13.0 Å². The molecule has 0 amide bonds. The SMILES string of the molecule is Cc1cc(OCC(O)CN)ncn1. The summed E-state index contributed by atoms with van der Waals surface area (Å²) < 4.78 is 5.16. The summed E-state index contributed by atoms with van der Waals surface area (Å²) in [5.74, 6) is 0.458. The van der Waals surface area contributed by atoms with Crippen LogP contribution < -0.4 is 10.5 Å². The van der Waals surface area contributed by atoms with Gasteiger partial charge in [-0.15, -0.1) is 0 Å². The van der Waals surface area contributed by atoms with Crippen LogP contribution >= 0.6 is 0 Å². The van der Waals surface area contributed by atoms with Gasteiger partial charge in [0, 0.05) is 18.3 Å². The molecule has 5 heteroatoms. The van der Waals surface area contributed by atoms with Gasteiger partial charge in [-0.05, 0) is 6.92 Å². The highest BCUT2D eigenvalue weighted by Crippen LogP contribution is 2.05. The Bertz CT molecular complexity index is 267. The number of nitrogens with zero attached hydrogens (tertiary/aromatic N) is 2. The largest absolute Gasteiger partial charge is 0.475 e. The number of aliphatic hydroxyl groups is 1. The molecular weight excluding hydrogens is 170 g/mol. The highest BCUT2D eigenvalue weighted by Gasteiger charge is 2.02. The molecule has 1 aromatic rings. The van der Waals surface area contributed by atoms with Crippen LogP contribution in [-0.4, -0.2) is 34.3 Å². The van der Waals surface area contributed by atoms with E-state index in [2.05, 4.69) is 9.97 Å². The normalized spacial score (nSPS) is 12.5. The van der Waals surface area contributed by atoms with E-state index in [4.69, 9.17) is 15.6 Å². The predicted octanol–water partition coefficient (Wildman–Crippen LogP) is -0.517. The van der Waals surface area contributed by atoms with Crippen molar-refractivity contribution < 1.29 is 9.84 Å². The van der Waals surface area contributed by atoms with Crippen molar-refractivity contribution in [3.8, 4) is 5.88 Å². The van der Waals surface area contributed by atoms with Crippen LogP contribution in [0.5, 0.6) is 5.88 Å². The van der Waals surface area contributed by atoms with Gasteiger partial charge in [-0.3, -0.25) is 0 Å². The Morgan fingerprint density at radius 1 is 1.62 bits per heavy atom. The molecule has 1 unspecified atom stereocenters. The quantitative estimate of drug-likeness (QED) is 0.656. The molecule has 0 spiro atoms. The minimum atomic E-state index is -0.643. The van der Waals surface area contributed by atoms with Crippen LogP contribution in [0.2, 0.25) is 0 Å². The molecule has 0 aliphatic carbocycles. The lowest BCUT2D eigenvalue weighted by Gasteiger charge is -2.08. The Kier molecular flexibility index (Phi) is 3.60. The molecule has 0 radical (unpaired) electrons. The summed E-state index contributed by atoms with van der Waals surface area (Å²) in [4.78, 5) is 7.77. The van der Waals surface area contributed by atoms with Crippen molar-refractivity contribution >= 4 is 0 Å². The van der Waals surface area contributed by atoms with Gasteiger partial charge in [0.2, 0.25) is 5.88 Å². The fourth-order valence-corrected chi connectivity index (χ4v) is 0.759. The maximum absolute atomic E-state index is 9.10. The lowest BCUT2D eigenvalue weighted by Crippen LogP contribution is -2.26. The van der Waals surface area contributed by atoms with Crippen molar-refractivity contribution in [1.29, 1.82) is 0 Å². The van der Waals surface area contributed by atoms with E-state index in [0.29, 0.717) is 5.88 Å². The van der Waals surface area contributed by atoms with Crippen LogP contribution in [0.3, 0.4) is 0 Å². The maximum Gasteiger partial charge on any atom is 0.216 e. The van der Waals surface area contributed by atoms with Crippen molar-refractivity contribution in [3.05, 3.63) is 18.1 Å². The summed E-state index contributed by atoms with van der Waals surface area (Å²) in [6.45, 7) is 2.19. The van der Waals surface area contributed by atoms with Crippen LogP contribution in [0.15, 0.2) is 12.4 Å². The molecule has 0 fully saturated rings. The molecular formula is C8H13N3O2. The molecule has 3 N–H and O–H groups in total. The highest BCUT2D eigenvalue weighted by atomic mass is 16.5. The van der Waals surface area contributed by atoms with Crippen molar-refractivity contribution in [1.82, 2.24) is 9.97 Å². The highest BCUT2D eigenvalue weighted by molar-refractivity contribution is 5.11. The molecule has 0 saturated heterocycles. The molecule has 1 rings (SSSR count). The third kappa shape index (κ3) is 3.35. The van der Waals surface area contributed by atoms with Gasteiger partial charge in [-0.2, -0.15) is 0 Å². The van der Waals surface area contributed by atoms with Crippen LogP contribution in [-0.2, 0) is 0 Å². The van der Waals surface area contributed by atoms with E-state index >= 15 is 0 Å². The van der Waals surface area contributed by atoms with E-state index in [9.17, 15) is 0 Å². The van der Waals surface area contributed by atoms with Crippen LogP contribution in [0.4, 0.5) is 0 Å². The Balaban J connectivity index is 2.45. The number of hydrogen-bond acceptors (Lipinski definition) is 5. The predicted molar refractivity (Wildman–Crippen MR) is 47.3 cm³/mol. The first kappa shape index (κ1) is 9.88. The van der Waals surface area contributed by atoms with Gasteiger partial charge in [-0.1, -0.05) is 0 Å². The Morgan fingerprint density at radius 3 is 3.00 bits per heavy atom. The van der Waals surface area contributed by atoms with Gasteiger partial charge in [0.05, 0.1) is 0 Å². The molecule has 0 aromatic carbocycles. The second-order valence-corrected chi connectivity index (χ2v) is 2.70. The number of nitrogens with two attached hydrogens (primary N) is 1. The third-order valence-electron chi connectivity index (χ3n) is 1.47. The molecule has 0 aliphatic rings. The van der Waals surface area contributed by atoms with Gasteiger partial charge < -0.3 is 15.6 Å². The number of aryl methyl sites for hydroxylation is 1. The van der Waals surface area contributed by atoms with E-state index in [0.717, 1.165) is 5.69 Å². The van der Waals surface area contributed by atoms with E-state index in [1.165, 1.54) is 6.33 Å². The van der Waals surface area contributed by atoms with E-state index in [1.807, 2.05) is 6.92 Å². The Labute approximate surface area is 76.6 Å². The van der Waals surface area contributed by atoms with E-state index < -0.39 is 6.10 Å². The van der Waals surface area contributed by atoms with E-state index in [-0.39, 0.29) is 13.2 Å². The zero-order chi connectivity index (χ0) is 9.68. The van der Waals surface area contributed by atoms with Crippen LogP contribution in [0.25, 0.3) is 0 Å². The summed E-state index contributed by atoms with van der Waals surface area (Å²) in [5, 5.41) is 9.10. The number of rotatable bonds is 4. The Morgan fingerprint density at radius 2 is 2.38 bits per heavy atom. The smallest absolute Gasteiger partial charge is 0.216 e. The minimum absolute atomic E-state index is 0.160. The van der Waals surface area contributed by atoms with Crippen molar-refractivity contribution in [2.75, 3.05) is 13.2 Å². The van der Waals surface area contributed by atoms with Crippen molar-refractivity contribution in [3.63, 3.8) is 0 Å². The topological polar surface area (TPSA) is 81.3 Å². The third-order valence-corrected chi connectivity index (χ3v) is 1.47. The average molecular weight is 183 g/mol. The van der Waals surface area contributed by atoms with Crippen molar-refractivity contribution in [2.24, 2.45) is 5.73 Å². The first-order valence-corrected chi connectivity index (χ1v) is 4.02. The zero-order valence-electron chi connectivity index (χ0n) is 7.47. The number of aromatic nitrogens is 2. The first-order chi connectivity index (χ1) is 6.22. The van der Waals surface area contributed by atoms with Gasteiger partial charge in [0.25, 0.3) is 0 Å².